The van der Waals surface area contributed by atoms with E-state index < -0.39 is 8.97 Å². The summed E-state index contributed by atoms with van der Waals surface area (Å²) in [5.74, 6) is 0. The van der Waals surface area contributed by atoms with Gasteiger partial charge in [0.05, 0.1) is 0 Å². The Morgan fingerprint density at radius 3 is 2.13 bits per heavy atom. The third kappa shape index (κ3) is 6.99. The van der Waals surface area contributed by atoms with Gasteiger partial charge in [-0.05, 0) is 40.2 Å². The molecule has 0 aliphatic rings. The molecule has 5 nitrogen and oxygen atoms in total. The Kier molecular flexibility index (Phi) is 8.21. The average Bonchev–Trinajstić information content (AvgIpc) is 2.15. The molecule has 0 rings (SSSR count). The zero-order valence-electron chi connectivity index (χ0n) is 9.99. The number of rotatable bonds is 9. The molecule has 4 N–H and O–H groups in total. The van der Waals surface area contributed by atoms with E-state index in [0.29, 0.717) is 19.8 Å². The van der Waals surface area contributed by atoms with Crippen LogP contribution >= 0.6 is 0 Å². The molecule has 1 unspecified atom stereocenters. The number of hydrogen-bond donors (Lipinski definition) is 2. The molecule has 0 bridgehead atoms. The first-order valence-electron chi connectivity index (χ1n) is 5.52. The molecule has 0 aromatic rings. The topological polar surface area (TPSA) is 79.7 Å². The van der Waals surface area contributed by atoms with Gasteiger partial charge in [0.2, 0.25) is 0 Å². The third-order valence-corrected chi connectivity index (χ3v) is 3.98. The Morgan fingerprint density at radius 2 is 1.73 bits per heavy atom. The van der Waals surface area contributed by atoms with Crippen LogP contribution in [0.3, 0.4) is 0 Å². The second-order valence-corrected chi connectivity index (χ2v) is 5.35. The van der Waals surface area contributed by atoms with E-state index in [2.05, 4.69) is 0 Å². The lowest BCUT2D eigenvalue weighted by molar-refractivity contribution is 0.0359. The van der Waals surface area contributed by atoms with Gasteiger partial charge < -0.3 is 19.0 Å². The van der Waals surface area contributed by atoms with Gasteiger partial charge in [0.15, 0.2) is 0 Å². The molecule has 0 spiro atoms. The largest absolute Gasteiger partial charge is 0.594 e. The summed E-state index contributed by atoms with van der Waals surface area (Å²) >= 11 is 0. The predicted octanol–water partition coefficient (Wildman–Crippen LogP) is 0.598. The van der Waals surface area contributed by atoms with Gasteiger partial charge in [-0.1, -0.05) is 0 Å². The van der Waals surface area contributed by atoms with Gasteiger partial charge in [-0.2, -0.15) is 0 Å². The highest BCUT2D eigenvalue weighted by Gasteiger charge is 2.38. The summed E-state index contributed by atoms with van der Waals surface area (Å²) < 4.78 is 16.4. The highest BCUT2D eigenvalue weighted by Crippen LogP contribution is 2.09. The normalized spacial score (nSPS) is 14.2. The van der Waals surface area contributed by atoms with Crippen molar-refractivity contribution in [3.05, 3.63) is 0 Å². The lowest BCUT2D eigenvalue weighted by Gasteiger charge is -2.27. The Bertz CT molecular complexity index is 154. The molecule has 0 aromatic carbocycles. The molecular weight excluding hydrogens is 212 g/mol. The molecule has 0 radical (unpaired) electrons. The summed E-state index contributed by atoms with van der Waals surface area (Å²) in [6.45, 7) is 7.39. The second kappa shape index (κ2) is 8.20. The minimum Gasteiger partial charge on any atom is -0.361 e. The Labute approximate surface area is 93.5 Å². The van der Waals surface area contributed by atoms with Crippen molar-refractivity contribution in [3.8, 4) is 0 Å². The van der Waals surface area contributed by atoms with Crippen LogP contribution in [0.1, 0.15) is 33.6 Å². The average molecular weight is 236 g/mol. The molecule has 0 fully saturated rings. The minimum absolute atomic E-state index is 0.0308. The fourth-order valence-electron chi connectivity index (χ4n) is 1.26. The van der Waals surface area contributed by atoms with Crippen LogP contribution in [0.5, 0.6) is 0 Å². The van der Waals surface area contributed by atoms with Crippen LogP contribution in [-0.2, 0) is 13.3 Å². The lowest BCUT2D eigenvalue weighted by Crippen LogP contribution is -2.57. The molecule has 6 heteroatoms. The van der Waals surface area contributed by atoms with Crippen LogP contribution in [0.15, 0.2) is 0 Å². The molecule has 0 aliphatic carbocycles. The predicted molar refractivity (Wildman–Crippen MR) is 62.0 cm³/mol. The molecule has 0 heterocycles. The maximum absolute atomic E-state index is 5.93. The van der Waals surface area contributed by atoms with Gasteiger partial charge in [-0.3, -0.25) is 5.40 Å². The van der Waals surface area contributed by atoms with Crippen molar-refractivity contribution in [1.82, 2.24) is 0 Å². The molecule has 1 atom stereocenters. The van der Waals surface area contributed by atoms with E-state index in [-0.39, 0.29) is 6.10 Å². The van der Waals surface area contributed by atoms with E-state index in [1.165, 1.54) is 0 Å². The van der Waals surface area contributed by atoms with Crippen molar-refractivity contribution in [3.63, 3.8) is 0 Å². The molecule has 0 aliphatic heterocycles. The smallest absolute Gasteiger partial charge is 0.361 e. The number of nitrogens with two attached hydrogens (primary N) is 2. The van der Waals surface area contributed by atoms with Crippen molar-refractivity contribution in [2.45, 2.75) is 39.7 Å². The van der Waals surface area contributed by atoms with E-state index in [1.54, 1.807) is 0 Å². The SMILES string of the molecule is CCO[Si](N)(OCC)OC(C)CCCN. The van der Waals surface area contributed by atoms with Crippen LogP contribution in [0.2, 0.25) is 0 Å². The lowest BCUT2D eigenvalue weighted by atomic mass is 10.2. The van der Waals surface area contributed by atoms with Crippen molar-refractivity contribution in [2.75, 3.05) is 19.8 Å². The van der Waals surface area contributed by atoms with Crippen LogP contribution in [0.25, 0.3) is 0 Å². The zero-order valence-corrected chi connectivity index (χ0v) is 11.0. The maximum atomic E-state index is 5.93. The Hall–Kier alpha value is 0.0169. The minimum atomic E-state index is -2.90. The molecule has 15 heavy (non-hydrogen) atoms. The third-order valence-electron chi connectivity index (χ3n) is 1.87. The van der Waals surface area contributed by atoms with E-state index in [0.717, 1.165) is 12.8 Å². The summed E-state index contributed by atoms with van der Waals surface area (Å²) in [5.41, 5.74) is 5.42. The molecule has 0 saturated carbocycles. The summed E-state index contributed by atoms with van der Waals surface area (Å²) in [5, 5.41) is 5.93. The van der Waals surface area contributed by atoms with Crippen LogP contribution in [0.4, 0.5) is 0 Å². The van der Waals surface area contributed by atoms with Gasteiger partial charge in [-0.25, -0.2) is 0 Å². The van der Waals surface area contributed by atoms with Crippen LogP contribution < -0.4 is 11.1 Å². The van der Waals surface area contributed by atoms with Crippen molar-refractivity contribution < 1.29 is 13.3 Å². The van der Waals surface area contributed by atoms with Gasteiger partial charge in [-0.15, -0.1) is 0 Å². The van der Waals surface area contributed by atoms with Gasteiger partial charge in [0, 0.05) is 19.3 Å². The molecule has 0 saturated heterocycles. The fraction of sp³-hybridized carbons (Fsp3) is 1.00. The zero-order chi connectivity index (χ0) is 11.7. The first-order valence-corrected chi connectivity index (χ1v) is 7.32. The van der Waals surface area contributed by atoms with E-state index in [4.69, 9.17) is 24.4 Å². The summed E-state index contributed by atoms with van der Waals surface area (Å²) in [6, 6.07) is 0. The van der Waals surface area contributed by atoms with E-state index >= 15 is 0 Å². The highest BCUT2D eigenvalue weighted by atomic mass is 28.4. The molecule has 0 aromatic heterocycles. The van der Waals surface area contributed by atoms with Crippen molar-refractivity contribution in [1.29, 1.82) is 0 Å². The van der Waals surface area contributed by atoms with Gasteiger partial charge in [0.1, 0.15) is 0 Å². The maximum Gasteiger partial charge on any atom is 0.594 e. The van der Waals surface area contributed by atoms with Crippen LogP contribution in [0, 0.1) is 0 Å². The second-order valence-electron chi connectivity index (χ2n) is 3.33. The molecule has 92 valence electrons. The highest BCUT2D eigenvalue weighted by molar-refractivity contribution is 6.57. The Morgan fingerprint density at radius 1 is 1.20 bits per heavy atom. The molecule has 0 amide bonds. The summed E-state index contributed by atoms with van der Waals surface area (Å²) in [4.78, 5) is 0. The van der Waals surface area contributed by atoms with E-state index in [9.17, 15) is 0 Å². The van der Waals surface area contributed by atoms with Gasteiger partial charge in [0.25, 0.3) is 0 Å². The Balaban J connectivity index is 4.02. The van der Waals surface area contributed by atoms with Gasteiger partial charge >= 0.3 is 8.97 Å². The quantitative estimate of drug-likeness (QED) is 0.573. The monoisotopic (exact) mass is 236 g/mol. The summed E-state index contributed by atoms with van der Waals surface area (Å²) in [7, 11) is -2.90. The first-order chi connectivity index (χ1) is 7.08. The van der Waals surface area contributed by atoms with Crippen molar-refractivity contribution >= 4 is 8.97 Å². The first kappa shape index (κ1) is 15.0. The molecular formula is C9H24N2O3Si. The fourth-order valence-corrected chi connectivity index (χ4v) is 2.96. The summed E-state index contributed by atoms with van der Waals surface area (Å²) in [6.07, 6.45) is 1.83. The van der Waals surface area contributed by atoms with Crippen LogP contribution in [-0.4, -0.2) is 34.8 Å². The van der Waals surface area contributed by atoms with E-state index in [1.807, 2.05) is 20.8 Å². The van der Waals surface area contributed by atoms with Crippen molar-refractivity contribution in [2.24, 2.45) is 11.1 Å². The number of hydrogen-bond acceptors (Lipinski definition) is 5. The standard InChI is InChI=1S/C9H24N2O3Si/c1-4-12-15(11,13-5-2)14-9(3)7-6-8-10/h9H,4-8,10-11H2,1-3H3.